The van der Waals surface area contributed by atoms with E-state index in [0.29, 0.717) is 5.69 Å². The molecule has 0 spiro atoms. The van der Waals surface area contributed by atoms with E-state index in [1.165, 1.54) is 12.3 Å². The Morgan fingerprint density at radius 1 is 1.31 bits per heavy atom. The van der Waals surface area contributed by atoms with E-state index in [9.17, 15) is 18.0 Å². The van der Waals surface area contributed by atoms with Gasteiger partial charge in [0, 0.05) is 23.0 Å². The normalized spacial score (nSPS) is 19.7. The zero-order valence-electron chi connectivity index (χ0n) is 15.7. The highest BCUT2D eigenvalue weighted by molar-refractivity contribution is 5.88. The van der Waals surface area contributed by atoms with Gasteiger partial charge in [0.1, 0.15) is 5.75 Å². The van der Waals surface area contributed by atoms with Gasteiger partial charge < -0.3 is 15.0 Å². The third kappa shape index (κ3) is 4.36. The van der Waals surface area contributed by atoms with Crippen LogP contribution in [0.2, 0.25) is 0 Å². The number of halogens is 3. The van der Waals surface area contributed by atoms with E-state index in [4.69, 9.17) is 0 Å². The van der Waals surface area contributed by atoms with E-state index in [1.807, 2.05) is 30.5 Å². The Bertz CT molecular complexity index is 1010. The number of benzene rings is 1. The van der Waals surface area contributed by atoms with Crippen molar-refractivity contribution in [1.82, 2.24) is 15.3 Å². The molecule has 152 valence electrons. The standard InChI is InChI=1S/C21H20F3N3O2/c1-12(18-7-6-13(9-25-18)29-11-21(22,23)24)27-20(28)16-8-15(16)17-10-26-19-5-3-2-4-14(17)19/h2-7,9-10,12,15-16,26H,8,11H2,1H3,(H,27,28)/t12?,15-,16-/m0/s1. The van der Waals surface area contributed by atoms with Gasteiger partial charge in [-0.2, -0.15) is 13.2 Å². The number of nitrogens with one attached hydrogen (secondary N) is 2. The maximum Gasteiger partial charge on any atom is 0.422 e. The summed E-state index contributed by atoms with van der Waals surface area (Å²) in [6.45, 7) is 0.427. The molecule has 1 fully saturated rings. The monoisotopic (exact) mass is 403 g/mol. The summed E-state index contributed by atoms with van der Waals surface area (Å²) in [4.78, 5) is 20.0. The molecular formula is C21H20F3N3O2. The third-order valence-corrected chi connectivity index (χ3v) is 5.11. The Balaban J connectivity index is 1.34. The second kappa shape index (κ2) is 7.42. The highest BCUT2D eigenvalue weighted by atomic mass is 19.4. The van der Waals surface area contributed by atoms with Gasteiger partial charge in [0.05, 0.1) is 17.9 Å². The van der Waals surface area contributed by atoms with Gasteiger partial charge in [-0.05, 0) is 43.0 Å². The van der Waals surface area contributed by atoms with Gasteiger partial charge >= 0.3 is 6.18 Å². The number of ether oxygens (including phenoxy) is 1. The summed E-state index contributed by atoms with van der Waals surface area (Å²) in [7, 11) is 0. The van der Waals surface area contributed by atoms with E-state index in [2.05, 4.69) is 20.0 Å². The predicted molar refractivity (Wildman–Crippen MR) is 101 cm³/mol. The number of aromatic nitrogens is 2. The number of alkyl halides is 3. The van der Waals surface area contributed by atoms with Crippen molar-refractivity contribution in [2.24, 2.45) is 5.92 Å². The van der Waals surface area contributed by atoms with Crippen molar-refractivity contribution in [1.29, 1.82) is 0 Å². The Labute approximate surface area is 165 Å². The summed E-state index contributed by atoms with van der Waals surface area (Å²) in [5.74, 6) is 0.0775. The first-order valence-electron chi connectivity index (χ1n) is 9.34. The lowest BCUT2D eigenvalue weighted by Crippen LogP contribution is -2.29. The summed E-state index contributed by atoms with van der Waals surface area (Å²) >= 11 is 0. The molecule has 4 rings (SSSR count). The topological polar surface area (TPSA) is 67.0 Å². The summed E-state index contributed by atoms with van der Waals surface area (Å²) in [6, 6.07) is 10.6. The summed E-state index contributed by atoms with van der Waals surface area (Å²) in [5.41, 5.74) is 2.76. The predicted octanol–water partition coefficient (Wildman–Crippen LogP) is 4.48. The third-order valence-electron chi connectivity index (χ3n) is 5.11. The van der Waals surface area contributed by atoms with Crippen molar-refractivity contribution < 1.29 is 22.7 Å². The first-order chi connectivity index (χ1) is 13.8. The zero-order valence-corrected chi connectivity index (χ0v) is 15.7. The maximum atomic E-state index is 12.6. The van der Waals surface area contributed by atoms with E-state index in [1.54, 1.807) is 13.0 Å². The van der Waals surface area contributed by atoms with E-state index >= 15 is 0 Å². The van der Waals surface area contributed by atoms with E-state index < -0.39 is 12.8 Å². The molecule has 8 heteroatoms. The summed E-state index contributed by atoms with van der Waals surface area (Å²) in [6.07, 6.45) is -0.410. The number of carbonyl (C=O) groups is 1. The van der Waals surface area contributed by atoms with Crippen LogP contribution in [0.15, 0.2) is 48.8 Å². The molecule has 0 bridgehead atoms. The largest absolute Gasteiger partial charge is 0.483 e. The van der Waals surface area contributed by atoms with Gasteiger partial charge in [-0.15, -0.1) is 0 Å². The fraction of sp³-hybridized carbons (Fsp3) is 0.333. The van der Waals surface area contributed by atoms with Crippen molar-refractivity contribution in [3.05, 3.63) is 60.0 Å². The van der Waals surface area contributed by atoms with Crippen LogP contribution in [0.3, 0.4) is 0 Å². The first-order valence-corrected chi connectivity index (χ1v) is 9.34. The highest BCUT2D eigenvalue weighted by Crippen LogP contribution is 2.49. The van der Waals surface area contributed by atoms with Crippen LogP contribution in [0, 0.1) is 5.92 Å². The molecule has 1 aromatic carbocycles. The molecule has 5 nitrogen and oxygen atoms in total. The lowest BCUT2D eigenvalue weighted by molar-refractivity contribution is -0.153. The van der Waals surface area contributed by atoms with Crippen LogP contribution < -0.4 is 10.1 Å². The summed E-state index contributed by atoms with van der Waals surface area (Å²) in [5, 5.41) is 4.08. The Hall–Kier alpha value is -3.03. The van der Waals surface area contributed by atoms with Crippen LogP contribution in [0.4, 0.5) is 13.2 Å². The minimum absolute atomic E-state index is 0.0335. The number of aromatic amines is 1. The molecule has 1 saturated carbocycles. The molecule has 1 aliphatic rings. The van der Waals surface area contributed by atoms with Gasteiger partial charge in [0.15, 0.2) is 6.61 Å². The Morgan fingerprint density at radius 2 is 2.10 bits per heavy atom. The van der Waals surface area contributed by atoms with Crippen molar-refractivity contribution >= 4 is 16.8 Å². The zero-order chi connectivity index (χ0) is 20.6. The van der Waals surface area contributed by atoms with Gasteiger partial charge in [-0.25, -0.2) is 0 Å². The SMILES string of the molecule is CC(NC(=O)[C@H]1C[C@@H]1c1c[nH]c2ccccc12)c1ccc(OCC(F)(F)F)cn1. The highest BCUT2D eigenvalue weighted by Gasteiger charge is 2.45. The maximum absolute atomic E-state index is 12.6. The van der Waals surface area contributed by atoms with Crippen molar-refractivity contribution in [2.75, 3.05) is 6.61 Å². The molecule has 0 aliphatic heterocycles. The first kappa shape index (κ1) is 19.3. The quantitative estimate of drug-likeness (QED) is 0.638. The molecule has 1 aliphatic carbocycles. The van der Waals surface area contributed by atoms with Crippen LogP contribution >= 0.6 is 0 Å². The summed E-state index contributed by atoms with van der Waals surface area (Å²) < 4.78 is 41.2. The van der Waals surface area contributed by atoms with Crippen LogP contribution in [-0.4, -0.2) is 28.7 Å². The molecule has 1 amide bonds. The average Bonchev–Trinajstić information content (AvgIpc) is 3.38. The number of carbonyl (C=O) groups excluding carboxylic acids is 1. The lowest BCUT2D eigenvalue weighted by Gasteiger charge is -2.14. The number of amides is 1. The van der Waals surface area contributed by atoms with Crippen molar-refractivity contribution in [2.45, 2.75) is 31.5 Å². The minimum Gasteiger partial charge on any atom is -0.483 e. The molecule has 3 aromatic rings. The van der Waals surface area contributed by atoms with Gasteiger partial charge in [-0.3, -0.25) is 9.78 Å². The Kier molecular flexibility index (Phi) is 4.94. The van der Waals surface area contributed by atoms with Gasteiger partial charge in [0.25, 0.3) is 0 Å². The number of rotatable bonds is 6. The Morgan fingerprint density at radius 3 is 2.83 bits per heavy atom. The fourth-order valence-electron chi connectivity index (χ4n) is 3.52. The minimum atomic E-state index is -4.40. The lowest BCUT2D eigenvalue weighted by atomic mass is 10.1. The van der Waals surface area contributed by atoms with E-state index in [-0.39, 0.29) is 29.5 Å². The second-order valence-corrected chi connectivity index (χ2v) is 7.29. The van der Waals surface area contributed by atoms with Crippen LogP contribution in [0.25, 0.3) is 10.9 Å². The van der Waals surface area contributed by atoms with Crippen molar-refractivity contribution in [3.63, 3.8) is 0 Å². The molecule has 2 aromatic heterocycles. The number of H-pyrrole nitrogens is 1. The number of hydrogen-bond donors (Lipinski definition) is 2. The second-order valence-electron chi connectivity index (χ2n) is 7.29. The number of para-hydroxylation sites is 1. The molecule has 0 radical (unpaired) electrons. The van der Waals surface area contributed by atoms with Gasteiger partial charge in [0.2, 0.25) is 5.91 Å². The molecule has 3 atom stereocenters. The van der Waals surface area contributed by atoms with Crippen LogP contribution in [-0.2, 0) is 4.79 Å². The molecule has 1 unspecified atom stereocenters. The smallest absolute Gasteiger partial charge is 0.422 e. The molecule has 2 N–H and O–H groups in total. The molecule has 2 heterocycles. The average molecular weight is 403 g/mol. The molecular weight excluding hydrogens is 383 g/mol. The number of pyridine rings is 1. The van der Waals surface area contributed by atoms with E-state index in [0.717, 1.165) is 22.9 Å². The van der Waals surface area contributed by atoms with Gasteiger partial charge in [-0.1, -0.05) is 18.2 Å². The number of hydrogen-bond acceptors (Lipinski definition) is 3. The van der Waals surface area contributed by atoms with Crippen LogP contribution in [0.1, 0.15) is 36.6 Å². The number of nitrogens with zero attached hydrogens (tertiary/aromatic N) is 1. The fourth-order valence-corrected chi connectivity index (χ4v) is 3.52. The van der Waals surface area contributed by atoms with Crippen LogP contribution in [0.5, 0.6) is 5.75 Å². The molecule has 29 heavy (non-hydrogen) atoms. The number of fused-ring (bicyclic) bond motifs is 1. The van der Waals surface area contributed by atoms with Crippen molar-refractivity contribution in [3.8, 4) is 5.75 Å². The molecule has 0 saturated heterocycles.